The van der Waals surface area contributed by atoms with E-state index in [9.17, 15) is 0 Å². The van der Waals surface area contributed by atoms with Crippen LogP contribution in [0, 0.1) is 0 Å². The van der Waals surface area contributed by atoms with Crippen LogP contribution in [-0.2, 0) is 10.8 Å². The first kappa shape index (κ1) is 28.2. The molecule has 0 fully saturated rings. The van der Waals surface area contributed by atoms with Crippen molar-refractivity contribution < 1.29 is 0 Å². The summed E-state index contributed by atoms with van der Waals surface area (Å²) in [5, 5.41) is 2.53. The molecule has 0 spiro atoms. The maximum Gasteiger partial charge on any atom is 0.160 e. The van der Waals surface area contributed by atoms with Crippen molar-refractivity contribution in [3.8, 4) is 50.7 Å². The molecule has 2 heterocycles. The van der Waals surface area contributed by atoms with Gasteiger partial charge < -0.3 is 4.57 Å². The molecule has 8 aromatic rings. The lowest BCUT2D eigenvalue weighted by atomic mass is 9.81. The van der Waals surface area contributed by atoms with Gasteiger partial charge in [-0.25, -0.2) is 9.97 Å². The predicted molar refractivity (Wildman–Crippen MR) is 202 cm³/mol. The molecular weight excluding hydrogens is 595 g/mol. The molecule has 2 aliphatic carbocycles. The smallest absolute Gasteiger partial charge is 0.160 e. The molecule has 0 aliphatic heterocycles. The second-order valence-electron chi connectivity index (χ2n) is 14.6. The SMILES string of the molecule is CC1(C)c2ccccc2-c2cc3c4ccccc4n(-c4cccc(-c5nc(-c6ccccc6)c6c(n5)-c5ccccc5C6(C)C)c4)c3cc21. The third-order valence-electron chi connectivity index (χ3n) is 11.2. The fraction of sp³-hybridized carbons (Fsp3) is 0.130. The summed E-state index contributed by atoms with van der Waals surface area (Å²) in [6.45, 7) is 9.30. The fourth-order valence-electron chi connectivity index (χ4n) is 8.78. The number of hydrogen-bond donors (Lipinski definition) is 0. The van der Waals surface area contributed by atoms with E-state index in [1.165, 1.54) is 60.8 Å². The van der Waals surface area contributed by atoms with Crippen molar-refractivity contribution in [3.05, 3.63) is 162 Å². The maximum absolute atomic E-state index is 5.38. The number of rotatable bonds is 3. The molecule has 6 aromatic carbocycles. The second-order valence-corrected chi connectivity index (χ2v) is 14.6. The van der Waals surface area contributed by atoms with Gasteiger partial charge in [0.2, 0.25) is 0 Å². The maximum atomic E-state index is 5.38. The van der Waals surface area contributed by atoms with E-state index in [1.807, 2.05) is 0 Å². The van der Waals surface area contributed by atoms with Crippen LogP contribution in [0.4, 0.5) is 0 Å². The van der Waals surface area contributed by atoms with Crippen molar-refractivity contribution in [2.75, 3.05) is 0 Å². The molecule has 3 nitrogen and oxygen atoms in total. The standard InChI is InChI=1S/C46H35N3/c1-45(2)36-22-11-8-19-31(36)34-26-35-32-20-10-13-24-39(32)49(40(35)27-38(34)45)30-18-14-17-29(25-30)44-47-42(28-15-6-5-7-16-28)41-43(48-44)33-21-9-12-23-37(33)46(41,3)4/h5-27H,1-4H3. The number of fused-ring (bicyclic) bond motifs is 9. The summed E-state index contributed by atoms with van der Waals surface area (Å²) in [5.74, 6) is 0.741. The Morgan fingerprint density at radius 2 is 1.10 bits per heavy atom. The lowest BCUT2D eigenvalue weighted by Crippen LogP contribution is -2.17. The molecule has 49 heavy (non-hydrogen) atoms. The zero-order valence-corrected chi connectivity index (χ0v) is 28.1. The van der Waals surface area contributed by atoms with Crippen molar-refractivity contribution in [2.24, 2.45) is 0 Å². The quantitative estimate of drug-likeness (QED) is 0.195. The Morgan fingerprint density at radius 1 is 0.449 bits per heavy atom. The molecule has 0 unspecified atom stereocenters. The number of hydrogen-bond acceptors (Lipinski definition) is 2. The van der Waals surface area contributed by atoms with E-state index >= 15 is 0 Å². The Bertz CT molecular complexity index is 2660. The Balaban J connectivity index is 1.21. The summed E-state index contributed by atoms with van der Waals surface area (Å²) >= 11 is 0. The van der Waals surface area contributed by atoms with Crippen molar-refractivity contribution in [2.45, 2.75) is 38.5 Å². The molecule has 234 valence electrons. The highest BCUT2D eigenvalue weighted by Crippen LogP contribution is 2.52. The molecule has 0 saturated carbocycles. The lowest BCUT2D eigenvalue weighted by molar-refractivity contribution is 0.658. The van der Waals surface area contributed by atoms with Crippen LogP contribution in [0.15, 0.2) is 140 Å². The third-order valence-corrected chi connectivity index (χ3v) is 11.2. The summed E-state index contributed by atoms with van der Waals surface area (Å²) in [6, 6.07) is 50.6. The average molecular weight is 630 g/mol. The third kappa shape index (κ3) is 3.84. The molecule has 0 N–H and O–H groups in total. The van der Waals surface area contributed by atoms with Crippen LogP contribution in [0.1, 0.15) is 49.9 Å². The summed E-state index contributed by atoms with van der Waals surface area (Å²) in [5.41, 5.74) is 16.5. The van der Waals surface area contributed by atoms with Gasteiger partial charge in [-0.1, -0.05) is 137 Å². The summed E-state index contributed by atoms with van der Waals surface area (Å²) < 4.78 is 2.43. The number of aromatic nitrogens is 3. The van der Waals surface area contributed by atoms with Gasteiger partial charge in [0, 0.05) is 49.5 Å². The van der Waals surface area contributed by atoms with Crippen molar-refractivity contribution >= 4 is 21.8 Å². The molecule has 0 amide bonds. The minimum absolute atomic E-state index is 0.0839. The zero-order valence-electron chi connectivity index (χ0n) is 28.1. The average Bonchev–Trinajstić information content (AvgIpc) is 3.68. The lowest BCUT2D eigenvalue weighted by Gasteiger charge is -2.23. The highest BCUT2D eigenvalue weighted by Gasteiger charge is 2.40. The normalized spacial score (nSPS) is 14.9. The predicted octanol–water partition coefficient (Wildman–Crippen LogP) is 11.5. The topological polar surface area (TPSA) is 30.7 Å². The first-order chi connectivity index (χ1) is 23.8. The van der Waals surface area contributed by atoms with Crippen LogP contribution >= 0.6 is 0 Å². The van der Waals surface area contributed by atoms with Gasteiger partial charge in [0.25, 0.3) is 0 Å². The largest absolute Gasteiger partial charge is 0.309 e. The van der Waals surface area contributed by atoms with Gasteiger partial charge in [0.1, 0.15) is 0 Å². The highest BCUT2D eigenvalue weighted by molar-refractivity contribution is 6.11. The van der Waals surface area contributed by atoms with Crippen LogP contribution in [0.5, 0.6) is 0 Å². The Kier molecular flexibility index (Phi) is 5.69. The Hall–Kier alpha value is -5.80. The summed E-state index contributed by atoms with van der Waals surface area (Å²) in [6.07, 6.45) is 0. The van der Waals surface area contributed by atoms with E-state index in [1.54, 1.807) is 0 Å². The molecule has 0 radical (unpaired) electrons. The van der Waals surface area contributed by atoms with Crippen LogP contribution < -0.4 is 0 Å². The highest BCUT2D eigenvalue weighted by atomic mass is 15.0. The van der Waals surface area contributed by atoms with Gasteiger partial charge in [0.05, 0.1) is 22.4 Å². The van der Waals surface area contributed by atoms with E-state index in [2.05, 4.69) is 172 Å². The van der Waals surface area contributed by atoms with Crippen molar-refractivity contribution in [3.63, 3.8) is 0 Å². The van der Waals surface area contributed by atoms with Crippen LogP contribution in [0.2, 0.25) is 0 Å². The molecule has 0 atom stereocenters. The van der Waals surface area contributed by atoms with Gasteiger partial charge in [-0.15, -0.1) is 0 Å². The first-order valence-corrected chi connectivity index (χ1v) is 17.2. The fourth-order valence-corrected chi connectivity index (χ4v) is 8.78. The van der Waals surface area contributed by atoms with Gasteiger partial charge in [0.15, 0.2) is 5.82 Å². The van der Waals surface area contributed by atoms with Gasteiger partial charge in [-0.2, -0.15) is 0 Å². The molecule has 2 aliphatic rings. The van der Waals surface area contributed by atoms with Crippen LogP contribution in [0.25, 0.3) is 72.5 Å². The number of para-hydroxylation sites is 1. The molecule has 2 aromatic heterocycles. The van der Waals surface area contributed by atoms with E-state index in [-0.39, 0.29) is 10.8 Å². The Labute approximate surface area is 286 Å². The molecule has 10 rings (SSSR count). The zero-order chi connectivity index (χ0) is 33.1. The van der Waals surface area contributed by atoms with Crippen LogP contribution in [0.3, 0.4) is 0 Å². The van der Waals surface area contributed by atoms with Gasteiger partial charge in [-0.3, -0.25) is 0 Å². The van der Waals surface area contributed by atoms with E-state index in [0.717, 1.165) is 34.0 Å². The molecular formula is C46H35N3. The number of benzene rings is 6. The number of nitrogens with zero attached hydrogens (tertiary/aromatic N) is 3. The first-order valence-electron chi connectivity index (χ1n) is 17.2. The summed E-state index contributed by atoms with van der Waals surface area (Å²) in [7, 11) is 0. The molecule has 3 heteroatoms. The van der Waals surface area contributed by atoms with Gasteiger partial charge in [-0.05, 0) is 58.1 Å². The van der Waals surface area contributed by atoms with E-state index in [0.29, 0.717) is 0 Å². The summed E-state index contributed by atoms with van der Waals surface area (Å²) in [4.78, 5) is 10.7. The van der Waals surface area contributed by atoms with E-state index in [4.69, 9.17) is 9.97 Å². The minimum atomic E-state index is -0.214. The van der Waals surface area contributed by atoms with Gasteiger partial charge >= 0.3 is 0 Å². The second kappa shape index (κ2) is 9.87. The molecule has 0 bridgehead atoms. The molecule has 0 saturated heterocycles. The van der Waals surface area contributed by atoms with Crippen LogP contribution in [-0.4, -0.2) is 14.5 Å². The van der Waals surface area contributed by atoms with E-state index < -0.39 is 0 Å². The van der Waals surface area contributed by atoms with Crippen molar-refractivity contribution in [1.82, 2.24) is 14.5 Å². The monoisotopic (exact) mass is 629 g/mol. The minimum Gasteiger partial charge on any atom is -0.309 e. The van der Waals surface area contributed by atoms with Crippen molar-refractivity contribution in [1.29, 1.82) is 0 Å². The Morgan fingerprint density at radius 3 is 1.92 bits per heavy atom.